The molecule has 1 aromatic heterocycles. The molecule has 2 bridgehead atoms. The molecule has 140 valence electrons. The van der Waals surface area contributed by atoms with Crippen molar-refractivity contribution < 1.29 is 8.42 Å². The maximum absolute atomic E-state index is 12.8. The van der Waals surface area contributed by atoms with E-state index in [1.807, 2.05) is 18.2 Å². The highest BCUT2D eigenvalue weighted by Crippen LogP contribution is 2.41. The van der Waals surface area contributed by atoms with E-state index in [-0.39, 0.29) is 16.2 Å². The van der Waals surface area contributed by atoms with Gasteiger partial charge in [-0.25, -0.2) is 13.1 Å². The van der Waals surface area contributed by atoms with Crippen molar-refractivity contribution in [2.45, 2.75) is 35.9 Å². The van der Waals surface area contributed by atoms with Crippen LogP contribution < -0.4 is 4.72 Å². The molecule has 0 aliphatic heterocycles. The molecular formula is C20H19ClN2O2S2. The monoisotopic (exact) mass is 418 g/mol. The Morgan fingerprint density at radius 3 is 2.56 bits per heavy atom. The fourth-order valence-corrected chi connectivity index (χ4v) is 7.21. The fourth-order valence-electron chi connectivity index (χ4n) is 4.34. The smallest absolute Gasteiger partial charge is 0.207 e. The summed E-state index contributed by atoms with van der Waals surface area (Å²) in [5.74, 6) is 0.596. The Kier molecular flexibility index (Phi) is 5.13. The van der Waals surface area contributed by atoms with Crippen molar-refractivity contribution in [3.05, 3.63) is 57.4 Å². The van der Waals surface area contributed by atoms with E-state index >= 15 is 0 Å². The van der Waals surface area contributed by atoms with Gasteiger partial charge in [-0.3, -0.25) is 0 Å². The third-order valence-electron chi connectivity index (χ3n) is 5.57. The first-order valence-corrected chi connectivity index (χ1v) is 11.6. The predicted octanol–water partition coefficient (Wildman–Crippen LogP) is 4.41. The van der Waals surface area contributed by atoms with Gasteiger partial charge in [0.05, 0.1) is 10.4 Å². The van der Waals surface area contributed by atoms with Gasteiger partial charge >= 0.3 is 0 Å². The number of allylic oxidation sites excluding steroid dienone is 1. The number of nitrogens with zero attached hydrogens (tertiary/aromatic N) is 1. The van der Waals surface area contributed by atoms with E-state index in [1.165, 1.54) is 17.2 Å². The van der Waals surface area contributed by atoms with Crippen molar-refractivity contribution in [1.82, 2.24) is 4.72 Å². The van der Waals surface area contributed by atoms with E-state index < -0.39 is 10.0 Å². The van der Waals surface area contributed by atoms with Crippen LogP contribution >= 0.6 is 22.9 Å². The molecule has 1 N–H and O–H groups in total. The minimum Gasteiger partial charge on any atom is -0.207 e. The molecule has 0 saturated heterocycles. The molecule has 2 aliphatic carbocycles. The molecule has 1 aromatic carbocycles. The van der Waals surface area contributed by atoms with Crippen LogP contribution in [0.2, 0.25) is 4.34 Å². The van der Waals surface area contributed by atoms with Crippen molar-refractivity contribution >= 4 is 39.0 Å². The zero-order valence-corrected chi connectivity index (χ0v) is 16.9. The number of fused-ring (bicyclic) bond motifs is 3. The quantitative estimate of drug-likeness (QED) is 0.747. The number of sulfonamides is 1. The number of rotatable bonds is 4. The molecule has 2 aliphatic rings. The molecule has 7 heteroatoms. The summed E-state index contributed by atoms with van der Waals surface area (Å²) in [6, 6.07) is 11.4. The standard InChI is InChI=1S/C20H19ClN2O2S2/c21-18-7-8-19(26-18)27(24,25)23-20-15-5-6-16(20)12-17-10-13(2-1-9-22)3-4-14(17)11-15/h1-4,7-8,10,15-16,20,23H,5-6,11-12H2. The summed E-state index contributed by atoms with van der Waals surface area (Å²) in [6.07, 6.45) is 7.10. The normalized spacial score (nSPS) is 24.5. The Bertz CT molecular complexity index is 1040. The van der Waals surface area contributed by atoms with Crippen LogP contribution in [0.5, 0.6) is 0 Å². The van der Waals surface area contributed by atoms with E-state index in [1.54, 1.807) is 12.1 Å². The molecule has 27 heavy (non-hydrogen) atoms. The van der Waals surface area contributed by atoms with Gasteiger partial charge in [0.15, 0.2) is 0 Å². The van der Waals surface area contributed by atoms with Crippen molar-refractivity contribution in [3.8, 4) is 6.07 Å². The molecule has 3 unspecified atom stereocenters. The molecule has 2 aromatic rings. The van der Waals surface area contributed by atoms with Gasteiger partial charge < -0.3 is 0 Å². The molecule has 0 spiro atoms. The number of thiophene rings is 1. The van der Waals surface area contributed by atoms with E-state index in [2.05, 4.69) is 16.9 Å². The summed E-state index contributed by atoms with van der Waals surface area (Å²) in [6.45, 7) is 0. The van der Waals surface area contributed by atoms with Gasteiger partial charge in [-0.1, -0.05) is 29.8 Å². The average molecular weight is 419 g/mol. The lowest BCUT2D eigenvalue weighted by molar-refractivity contribution is 0.386. The summed E-state index contributed by atoms with van der Waals surface area (Å²) in [7, 11) is -3.55. The van der Waals surface area contributed by atoms with Gasteiger partial charge in [-0.2, -0.15) is 5.26 Å². The van der Waals surface area contributed by atoms with Crippen LogP contribution in [0, 0.1) is 23.2 Å². The first-order valence-electron chi connectivity index (χ1n) is 8.92. The van der Waals surface area contributed by atoms with Crippen LogP contribution in [0.3, 0.4) is 0 Å². The Hall–Kier alpha value is -1.65. The lowest BCUT2D eigenvalue weighted by atomic mass is 9.92. The molecule has 1 heterocycles. The zero-order valence-electron chi connectivity index (χ0n) is 14.6. The molecular weight excluding hydrogens is 400 g/mol. The molecule has 0 radical (unpaired) electrons. The summed E-state index contributed by atoms with van der Waals surface area (Å²) >= 11 is 7.01. The molecule has 4 nitrogen and oxygen atoms in total. The van der Waals surface area contributed by atoms with Gasteiger partial charge in [0.1, 0.15) is 4.21 Å². The lowest BCUT2D eigenvalue weighted by Crippen LogP contribution is -2.41. The highest BCUT2D eigenvalue weighted by atomic mass is 35.5. The maximum atomic E-state index is 12.8. The Morgan fingerprint density at radius 1 is 1.15 bits per heavy atom. The highest BCUT2D eigenvalue weighted by Gasteiger charge is 2.41. The molecule has 4 rings (SSSR count). The van der Waals surface area contributed by atoms with Crippen LogP contribution in [0.15, 0.2) is 40.6 Å². The number of nitriles is 1. The highest BCUT2D eigenvalue weighted by molar-refractivity contribution is 7.91. The van der Waals surface area contributed by atoms with Crippen LogP contribution in [0.25, 0.3) is 6.08 Å². The number of hydrogen-bond acceptors (Lipinski definition) is 4. The van der Waals surface area contributed by atoms with Gasteiger partial charge in [0.25, 0.3) is 0 Å². The molecule has 1 saturated carbocycles. The fraction of sp³-hybridized carbons (Fsp3) is 0.350. The topological polar surface area (TPSA) is 70.0 Å². The van der Waals surface area contributed by atoms with Crippen molar-refractivity contribution in [3.63, 3.8) is 0 Å². The van der Waals surface area contributed by atoms with Crippen LogP contribution in [0.1, 0.15) is 29.5 Å². The van der Waals surface area contributed by atoms with Crippen LogP contribution in [-0.2, 0) is 22.9 Å². The minimum atomic E-state index is -3.55. The second-order valence-corrected chi connectivity index (χ2v) is 10.9. The zero-order chi connectivity index (χ0) is 19.0. The number of hydrogen-bond donors (Lipinski definition) is 1. The number of halogens is 1. The second kappa shape index (κ2) is 7.40. The van der Waals surface area contributed by atoms with E-state index in [9.17, 15) is 8.42 Å². The Labute approximate surface area is 168 Å². The van der Waals surface area contributed by atoms with Crippen molar-refractivity contribution in [2.24, 2.45) is 11.8 Å². The van der Waals surface area contributed by atoms with Crippen molar-refractivity contribution in [2.75, 3.05) is 0 Å². The molecule has 0 amide bonds. The van der Waals surface area contributed by atoms with Crippen LogP contribution in [-0.4, -0.2) is 14.5 Å². The van der Waals surface area contributed by atoms with Gasteiger partial charge in [-0.15, -0.1) is 11.3 Å². The predicted molar refractivity (Wildman–Crippen MR) is 108 cm³/mol. The summed E-state index contributed by atoms with van der Waals surface area (Å²) in [5.41, 5.74) is 3.57. The van der Waals surface area contributed by atoms with E-state index in [0.717, 1.165) is 42.6 Å². The lowest BCUT2D eigenvalue weighted by Gasteiger charge is -2.23. The summed E-state index contributed by atoms with van der Waals surface area (Å²) < 4.78 is 29.3. The summed E-state index contributed by atoms with van der Waals surface area (Å²) in [5, 5.41) is 8.73. The maximum Gasteiger partial charge on any atom is 0.250 e. The third-order valence-corrected chi connectivity index (χ3v) is 8.76. The summed E-state index contributed by atoms with van der Waals surface area (Å²) in [4.78, 5) is 0. The Balaban J connectivity index is 1.59. The Morgan fingerprint density at radius 2 is 1.89 bits per heavy atom. The third kappa shape index (κ3) is 3.83. The van der Waals surface area contributed by atoms with Crippen LogP contribution in [0.4, 0.5) is 0 Å². The van der Waals surface area contributed by atoms with Gasteiger partial charge in [0, 0.05) is 12.1 Å². The average Bonchev–Trinajstić information content (AvgIpc) is 3.17. The minimum absolute atomic E-state index is 0.0543. The van der Waals surface area contributed by atoms with E-state index in [4.69, 9.17) is 16.9 Å². The van der Waals surface area contributed by atoms with E-state index in [0.29, 0.717) is 10.3 Å². The van der Waals surface area contributed by atoms with Gasteiger partial charge in [0.2, 0.25) is 10.0 Å². The number of benzene rings is 1. The number of nitrogens with one attached hydrogen (secondary N) is 1. The van der Waals surface area contributed by atoms with Gasteiger partial charge in [-0.05, 0) is 72.4 Å². The first kappa shape index (κ1) is 18.7. The molecule has 3 atom stereocenters. The van der Waals surface area contributed by atoms with Crippen molar-refractivity contribution in [1.29, 1.82) is 5.26 Å². The largest absolute Gasteiger partial charge is 0.250 e. The SMILES string of the molecule is N#CC=Cc1ccc2c(c1)CC1CCC(C2)C1NS(=O)(=O)c1ccc(Cl)s1. The molecule has 1 fully saturated rings. The second-order valence-electron chi connectivity index (χ2n) is 7.20. The first-order chi connectivity index (χ1) is 13.0.